The predicted molar refractivity (Wildman–Crippen MR) is 89.1 cm³/mol. The van der Waals surface area contributed by atoms with Crippen molar-refractivity contribution in [3.05, 3.63) is 64.1 Å². The van der Waals surface area contributed by atoms with Gasteiger partial charge in [-0.25, -0.2) is 0 Å². The van der Waals surface area contributed by atoms with Crippen LogP contribution >= 0.6 is 15.9 Å². The fourth-order valence-electron chi connectivity index (χ4n) is 2.01. The highest BCUT2D eigenvalue weighted by Gasteiger charge is 2.09. The first kappa shape index (κ1) is 16.5. The summed E-state index contributed by atoms with van der Waals surface area (Å²) in [5, 5.41) is 2.85. The lowest BCUT2D eigenvalue weighted by Crippen LogP contribution is -2.29. The van der Waals surface area contributed by atoms with E-state index in [0.717, 1.165) is 15.8 Å². The second kappa shape index (κ2) is 8.56. The molecule has 0 aliphatic carbocycles. The molecule has 2 aromatic rings. The quantitative estimate of drug-likeness (QED) is 0.766. The normalized spacial score (nSPS) is 10.3. The molecule has 0 atom stereocenters. The second-order valence-electron chi connectivity index (χ2n) is 4.65. The number of methoxy groups -OCH3 is 1. The van der Waals surface area contributed by atoms with Gasteiger partial charge in [-0.05, 0) is 29.8 Å². The molecule has 0 spiro atoms. The summed E-state index contributed by atoms with van der Waals surface area (Å²) < 4.78 is 11.6. The van der Waals surface area contributed by atoms with Crippen LogP contribution in [0.1, 0.15) is 15.9 Å². The summed E-state index contributed by atoms with van der Waals surface area (Å²) in [5.74, 6) is 0.647. The van der Waals surface area contributed by atoms with Crippen LogP contribution in [0.2, 0.25) is 0 Å². The van der Waals surface area contributed by atoms with E-state index in [-0.39, 0.29) is 5.91 Å². The Kier molecular flexibility index (Phi) is 6.43. The minimum absolute atomic E-state index is 0.120. The summed E-state index contributed by atoms with van der Waals surface area (Å²) in [4.78, 5) is 12.2. The van der Waals surface area contributed by atoms with Crippen molar-refractivity contribution < 1.29 is 14.3 Å². The van der Waals surface area contributed by atoms with Gasteiger partial charge in [0.1, 0.15) is 12.4 Å². The summed E-state index contributed by atoms with van der Waals surface area (Å²) in [6.07, 6.45) is 0. The molecule has 0 saturated carbocycles. The van der Waals surface area contributed by atoms with E-state index in [9.17, 15) is 4.79 Å². The topological polar surface area (TPSA) is 47.6 Å². The van der Waals surface area contributed by atoms with E-state index in [1.807, 2.05) is 42.5 Å². The van der Waals surface area contributed by atoms with Gasteiger partial charge < -0.3 is 14.8 Å². The summed E-state index contributed by atoms with van der Waals surface area (Å²) >= 11 is 3.39. The van der Waals surface area contributed by atoms with Crippen LogP contribution in [0.4, 0.5) is 0 Å². The number of ether oxygens (including phenoxy) is 2. The molecule has 2 rings (SSSR count). The molecule has 4 nitrogen and oxygen atoms in total. The fourth-order valence-corrected chi connectivity index (χ4v) is 2.39. The maximum atomic E-state index is 12.2. The van der Waals surface area contributed by atoms with Gasteiger partial charge >= 0.3 is 0 Å². The van der Waals surface area contributed by atoms with Crippen LogP contribution in [0.3, 0.4) is 0 Å². The van der Waals surface area contributed by atoms with Crippen LogP contribution < -0.4 is 10.1 Å². The monoisotopic (exact) mass is 363 g/mol. The van der Waals surface area contributed by atoms with E-state index in [2.05, 4.69) is 21.2 Å². The molecule has 5 heteroatoms. The van der Waals surface area contributed by atoms with Gasteiger partial charge in [0, 0.05) is 17.1 Å². The van der Waals surface area contributed by atoms with Gasteiger partial charge in [-0.2, -0.15) is 0 Å². The van der Waals surface area contributed by atoms with Crippen molar-refractivity contribution in [3.8, 4) is 5.75 Å². The number of hydrogen-bond donors (Lipinski definition) is 1. The second-order valence-corrected chi connectivity index (χ2v) is 5.57. The Labute approximate surface area is 138 Å². The van der Waals surface area contributed by atoms with Crippen molar-refractivity contribution in [2.45, 2.75) is 6.61 Å². The van der Waals surface area contributed by atoms with Crippen molar-refractivity contribution in [2.24, 2.45) is 0 Å². The van der Waals surface area contributed by atoms with Crippen molar-refractivity contribution in [1.82, 2.24) is 5.32 Å². The van der Waals surface area contributed by atoms with Gasteiger partial charge in [-0.15, -0.1) is 0 Å². The smallest absolute Gasteiger partial charge is 0.251 e. The average Bonchev–Trinajstić information content (AvgIpc) is 2.52. The highest BCUT2D eigenvalue weighted by atomic mass is 79.9. The van der Waals surface area contributed by atoms with E-state index in [0.29, 0.717) is 25.3 Å². The molecule has 0 fully saturated rings. The fraction of sp³-hybridized carbons (Fsp3) is 0.235. The van der Waals surface area contributed by atoms with E-state index >= 15 is 0 Å². The minimum Gasteiger partial charge on any atom is -0.492 e. The Morgan fingerprint density at radius 1 is 1.18 bits per heavy atom. The summed E-state index contributed by atoms with van der Waals surface area (Å²) in [6, 6.07) is 15.0. The summed E-state index contributed by atoms with van der Waals surface area (Å²) in [6.45, 7) is 1.26. The van der Waals surface area contributed by atoms with Gasteiger partial charge in [0.15, 0.2) is 0 Å². The lowest BCUT2D eigenvalue weighted by Gasteiger charge is -2.10. The number of benzene rings is 2. The molecule has 0 radical (unpaired) electrons. The molecular weight excluding hydrogens is 346 g/mol. The molecule has 22 heavy (non-hydrogen) atoms. The molecule has 0 aromatic heterocycles. The van der Waals surface area contributed by atoms with E-state index < -0.39 is 0 Å². The third kappa shape index (κ3) is 4.86. The SMILES string of the molecule is COCc1ccccc1C(=O)NCCOc1cccc(Br)c1. The van der Waals surface area contributed by atoms with Crippen molar-refractivity contribution >= 4 is 21.8 Å². The number of amides is 1. The highest BCUT2D eigenvalue weighted by Crippen LogP contribution is 2.17. The lowest BCUT2D eigenvalue weighted by molar-refractivity contribution is 0.0942. The van der Waals surface area contributed by atoms with Crippen LogP contribution in [-0.2, 0) is 11.3 Å². The lowest BCUT2D eigenvalue weighted by atomic mass is 10.1. The maximum absolute atomic E-state index is 12.2. The molecule has 2 aromatic carbocycles. The zero-order chi connectivity index (χ0) is 15.8. The van der Waals surface area contributed by atoms with Gasteiger partial charge in [-0.1, -0.05) is 40.2 Å². The highest BCUT2D eigenvalue weighted by molar-refractivity contribution is 9.10. The standard InChI is InChI=1S/C17H18BrNO3/c1-21-12-13-5-2-3-8-16(13)17(20)19-9-10-22-15-7-4-6-14(18)11-15/h2-8,11H,9-10,12H2,1H3,(H,19,20). The minimum atomic E-state index is -0.120. The largest absolute Gasteiger partial charge is 0.492 e. The Hall–Kier alpha value is -1.85. The predicted octanol–water partition coefficient (Wildman–Crippen LogP) is 3.40. The first-order chi connectivity index (χ1) is 10.7. The van der Waals surface area contributed by atoms with Gasteiger partial charge in [0.25, 0.3) is 5.91 Å². The van der Waals surface area contributed by atoms with E-state index in [1.54, 1.807) is 13.2 Å². The zero-order valence-corrected chi connectivity index (χ0v) is 13.9. The maximum Gasteiger partial charge on any atom is 0.251 e. The Morgan fingerprint density at radius 3 is 2.77 bits per heavy atom. The third-order valence-electron chi connectivity index (χ3n) is 3.01. The number of carbonyl (C=O) groups excluding carboxylic acids is 1. The Morgan fingerprint density at radius 2 is 2.00 bits per heavy atom. The van der Waals surface area contributed by atoms with Crippen molar-refractivity contribution in [2.75, 3.05) is 20.3 Å². The van der Waals surface area contributed by atoms with Crippen molar-refractivity contribution in [1.29, 1.82) is 0 Å². The molecule has 0 saturated heterocycles. The Bertz CT molecular complexity index is 631. The molecule has 1 N–H and O–H groups in total. The van der Waals surface area contributed by atoms with Crippen molar-refractivity contribution in [3.63, 3.8) is 0 Å². The molecule has 0 bridgehead atoms. The van der Waals surface area contributed by atoms with Crippen LogP contribution in [0, 0.1) is 0 Å². The van der Waals surface area contributed by atoms with Gasteiger partial charge in [0.05, 0.1) is 13.2 Å². The first-order valence-electron chi connectivity index (χ1n) is 6.94. The molecule has 1 amide bonds. The number of hydrogen-bond acceptors (Lipinski definition) is 3. The third-order valence-corrected chi connectivity index (χ3v) is 3.51. The molecule has 0 aliphatic rings. The first-order valence-corrected chi connectivity index (χ1v) is 7.73. The van der Waals surface area contributed by atoms with E-state index in [1.165, 1.54) is 0 Å². The number of halogens is 1. The van der Waals surface area contributed by atoms with Gasteiger partial charge in [-0.3, -0.25) is 4.79 Å². The van der Waals surface area contributed by atoms with Crippen LogP contribution in [0.15, 0.2) is 53.0 Å². The van der Waals surface area contributed by atoms with Crippen LogP contribution in [0.5, 0.6) is 5.75 Å². The molecule has 116 valence electrons. The van der Waals surface area contributed by atoms with Crippen LogP contribution in [0.25, 0.3) is 0 Å². The summed E-state index contributed by atoms with van der Waals surface area (Å²) in [7, 11) is 1.61. The zero-order valence-electron chi connectivity index (χ0n) is 12.3. The molecule has 0 aliphatic heterocycles. The van der Waals surface area contributed by atoms with E-state index in [4.69, 9.17) is 9.47 Å². The molecular formula is C17H18BrNO3. The summed E-state index contributed by atoms with van der Waals surface area (Å²) in [5.41, 5.74) is 1.50. The number of rotatable bonds is 7. The molecule has 0 heterocycles. The Balaban J connectivity index is 1.83. The molecule has 0 unspecified atom stereocenters. The average molecular weight is 364 g/mol. The number of nitrogens with one attached hydrogen (secondary N) is 1. The van der Waals surface area contributed by atoms with Crippen LogP contribution in [-0.4, -0.2) is 26.2 Å². The van der Waals surface area contributed by atoms with Gasteiger partial charge in [0.2, 0.25) is 0 Å². The number of carbonyl (C=O) groups is 1.